The predicted molar refractivity (Wildman–Crippen MR) is 131 cm³/mol. The van der Waals surface area contributed by atoms with Gasteiger partial charge in [-0.2, -0.15) is 0 Å². The van der Waals surface area contributed by atoms with Crippen molar-refractivity contribution in [2.45, 2.75) is 23.6 Å². The normalized spacial score (nSPS) is 14.9. The Hall–Kier alpha value is -4.05. The number of allylic oxidation sites excluding steroid dienone is 2. The van der Waals surface area contributed by atoms with Crippen LogP contribution in [0.15, 0.2) is 80.9 Å². The highest BCUT2D eigenvalue weighted by atomic mass is 32.2. The first kappa shape index (κ1) is 25.1. The Kier molecular flexibility index (Phi) is 7.16. The van der Waals surface area contributed by atoms with E-state index in [1.165, 1.54) is 30.9 Å². The van der Waals surface area contributed by atoms with E-state index in [2.05, 4.69) is 5.32 Å². The van der Waals surface area contributed by atoms with Crippen LogP contribution in [0.25, 0.3) is 0 Å². The third kappa shape index (κ3) is 4.47. The van der Waals surface area contributed by atoms with E-state index in [1.807, 2.05) is 48.5 Å². The summed E-state index contributed by atoms with van der Waals surface area (Å²) in [5.74, 6) is -4.47. The van der Waals surface area contributed by atoms with Crippen molar-refractivity contribution in [3.05, 3.63) is 71.1 Å². The number of hydrogen-bond donors (Lipinski definition) is 1. The molecule has 10 heteroatoms. The van der Waals surface area contributed by atoms with Crippen molar-refractivity contribution in [1.82, 2.24) is 5.32 Å². The number of nitrogens with one attached hydrogen (secondary N) is 1. The van der Waals surface area contributed by atoms with Gasteiger partial charge in [-0.05, 0) is 38.1 Å². The minimum absolute atomic E-state index is 0.0917. The van der Waals surface area contributed by atoms with Crippen molar-refractivity contribution in [2.24, 2.45) is 5.92 Å². The van der Waals surface area contributed by atoms with E-state index >= 15 is 0 Å². The Labute approximate surface area is 212 Å². The van der Waals surface area contributed by atoms with Gasteiger partial charge >= 0.3 is 17.9 Å². The number of anilines is 2. The number of hydrogen-bond acceptors (Lipinski definition) is 9. The minimum Gasteiger partial charge on any atom is -0.466 e. The number of carbonyl (C=O) groups excluding carboxylic acids is 4. The first-order valence-corrected chi connectivity index (χ1v) is 11.8. The quantitative estimate of drug-likeness (QED) is 0.479. The van der Waals surface area contributed by atoms with Crippen molar-refractivity contribution in [3.63, 3.8) is 0 Å². The summed E-state index contributed by atoms with van der Waals surface area (Å²) in [5.41, 5.74) is 1.81. The molecule has 0 saturated heterocycles. The Morgan fingerprint density at radius 1 is 0.833 bits per heavy atom. The van der Waals surface area contributed by atoms with Crippen LogP contribution in [-0.4, -0.2) is 44.6 Å². The van der Waals surface area contributed by atoms with Gasteiger partial charge < -0.3 is 19.5 Å². The summed E-state index contributed by atoms with van der Waals surface area (Å²) in [7, 11) is 2.33. The van der Waals surface area contributed by atoms with Crippen LogP contribution in [0.2, 0.25) is 0 Å². The summed E-state index contributed by atoms with van der Waals surface area (Å²) in [6, 6.07) is 14.8. The van der Waals surface area contributed by atoms with Crippen LogP contribution in [0.5, 0.6) is 0 Å². The van der Waals surface area contributed by atoms with Crippen molar-refractivity contribution in [2.75, 3.05) is 25.7 Å². The van der Waals surface area contributed by atoms with Crippen LogP contribution in [0.1, 0.15) is 13.8 Å². The highest BCUT2D eigenvalue weighted by Crippen LogP contribution is 2.47. The average Bonchev–Trinajstić information content (AvgIpc) is 2.88. The number of benzene rings is 2. The Morgan fingerprint density at radius 2 is 1.31 bits per heavy atom. The zero-order valence-corrected chi connectivity index (χ0v) is 20.9. The molecule has 0 atom stereocenters. The number of amides is 1. The van der Waals surface area contributed by atoms with Crippen molar-refractivity contribution in [1.29, 1.82) is 0 Å². The Balaban J connectivity index is 1.64. The van der Waals surface area contributed by atoms with Gasteiger partial charge in [0.2, 0.25) is 0 Å². The summed E-state index contributed by atoms with van der Waals surface area (Å²) < 4.78 is 15.1. The second kappa shape index (κ2) is 10.3. The topological polar surface area (TPSA) is 111 Å². The highest BCUT2D eigenvalue weighted by molar-refractivity contribution is 7.99. The molecule has 0 unspecified atom stereocenters. The fourth-order valence-corrected chi connectivity index (χ4v) is 5.30. The number of carbonyl (C=O) groups is 4. The van der Waals surface area contributed by atoms with E-state index in [4.69, 9.17) is 14.2 Å². The molecule has 0 saturated carbocycles. The summed E-state index contributed by atoms with van der Waals surface area (Å²) >= 11 is 1.54. The Bertz CT molecular complexity index is 1250. The fourth-order valence-electron chi connectivity index (χ4n) is 4.24. The van der Waals surface area contributed by atoms with E-state index in [1.54, 1.807) is 13.8 Å². The second-order valence-corrected chi connectivity index (χ2v) is 9.08. The van der Waals surface area contributed by atoms with Gasteiger partial charge in [-0.25, -0.2) is 9.59 Å². The maximum Gasteiger partial charge on any atom is 0.336 e. The van der Waals surface area contributed by atoms with Crippen LogP contribution in [-0.2, 0) is 33.4 Å². The van der Waals surface area contributed by atoms with Crippen LogP contribution in [0, 0.1) is 5.92 Å². The molecular weight excluding hydrogens is 484 g/mol. The molecular formula is C26H24N2O7S. The third-order valence-electron chi connectivity index (χ3n) is 5.83. The number of para-hydroxylation sites is 2. The SMILES string of the molecule is COC(=O)C1=C(C)NC(C)=C(C(=O)OC)C1C(=O)OCC(=O)N1c2ccccc2Sc2ccccc21. The maximum atomic E-state index is 13.4. The molecule has 0 aliphatic carbocycles. The summed E-state index contributed by atoms with van der Waals surface area (Å²) in [5, 5.41) is 2.91. The monoisotopic (exact) mass is 508 g/mol. The molecule has 0 fully saturated rings. The van der Waals surface area contributed by atoms with E-state index in [-0.39, 0.29) is 11.1 Å². The lowest BCUT2D eigenvalue weighted by Crippen LogP contribution is -2.39. The molecule has 36 heavy (non-hydrogen) atoms. The van der Waals surface area contributed by atoms with E-state index in [0.717, 1.165) is 9.79 Å². The van der Waals surface area contributed by atoms with Gasteiger partial charge in [0.1, 0.15) is 5.92 Å². The van der Waals surface area contributed by atoms with Gasteiger partial charge in [0.25, 0.3) is 5.91 Å². The molecule has 0 radical (unpaired) electrons. The first-order valence-electron chi connectivity index (χ1n) is 11.0. The number of esters is 3. The molecule has 2 aromatic rings. The lowest BCUT2D eigenvalue weighted by molar-refractivity contribution is -0.153. The van der Waals surface area contributed by atoms with E-state index in [9.17, 15) is 19.2 Å². The number of nitrogens with zero attached hydrogens (tertiary/aromatic N) is 1. The number of fused-ring (bicyclic) bond motifs is 2. The van der Waals surface area contributed by atoms with E-state index in [0.29, 0.717) is 22.8 Å². The van der Waals surface area contributed by atoms with Gasteiger partial charge in [-0.3, -0.25) is 14.5 Å². The summed E-state index contributed by atoms with van der Waals surface area (Å²) in [6.07, 6.45) is 0. The number of rotatable bonds is 5. The largest absolute Gasteiger partial charge is 0.466 e. The fraction of sp³-hybridized carbons (Fsp3) is 0.231. The molecule has 186 valence electrons. The number of ether oxygens (including phenoxy) is 3. The number of methoxy groups -OCH3 is 2. The van der Waals surface area contributed by atoms with Gasteiger partial charge in [0, 0.05) is 21.2 Å². The molecule has 2 aliphatic rings. The van der Waals surface area contributed by atoms with Crippen molar-refractivity contribution < 1.29 is 33.4 Å². The first-order chi connectivity index (χ1) is 17.3. The smallest absolute Gasteiger partial charge is 0.336 e. The summed E-state index contributed by atoms with van der Waals surface area (Å²) in [6.45, 7) is 2.54. The molecule has 2 aliphatic heterocycles. The van der Waals surface area contributed by atoms with Crippen LogP contribution >= 0.6 is 11.8 Å². The standard InChI is InChI=1S/C26H24N2O7S/c1-14-21(24(30)33-3)23(22(15(2)27-14)25(31)34-4)26(32)35-13-20(29)28-16-9-5-7-11-18(16)36-19-12-8-6-10-17(19)28/h5-12,23,27H,13H2,1-4H3. The molecule has 0 bridgehead atoms. The second-order valence-electron chi connectivity index (χ2n) is 7.99. The molecule has 0 aromatic heterocycles. The molecule has 4 rings (SSSR count). The third-order valence-corrected chi connectivity index (χ3v) is 6.96. The highest BCUT2D eigenvalue weighted by Gasteiger charge is 2.42. The maximum absolute atomic E-state index is 13.4. The molecule has 1 amide bonds. The predicted octanol–water partition coefficient (Wildman–Crippen LogP) is 3.47. The zero-order valence-electron chi connectivity index (χ0n) is 20.1. The average molecular weight is 509 g/mol. The number of dihydropyridines is 1. The van der Waals surface area contributed by atoms with Gasteiger partial charge in [0.05, 0.1) is 36.7 Å². The van der Waals surface area contributed by atoms with Crippen LogP contribution in [0.4, 0.5) is 11.4 Å². The lowest BCUT2D eigenvalue weighted by atomic mass is 9.85. The van der Waals surface area contributed by atoms with Gasteiger partial charge in [-0.1, -0.05) is 36.0 Å². The molecule has 2 heterocycles. The molecule has 9 nitrogen and oxygen atoms in total. The van der Waals surface area contributed by atoms with Crippen LogP contribution < -0.4 is 10.2 Å². The van der Waals surface area contributed by atoms with Gasteiger partial charge in [0.15, 0.2) is 6.61 Å². The molecule has 1 N–H and O–H groups in total. The Morgan fingerprint density at radius 3 is 1.78 bits per heavy atom. The van der Waals surface area contributed by atoms with Gasteiger partial charge in [-0.15, -0.1) is 0 Å². The van der Waals surface area contributed by atoms with Crippen molar-refractivity contribution in [3.8, 4) is 0 Å². The van der Waals surface area contributed by atoms with Crippen LogP contribution in [0.3, 0.4) is 0 Å². The summed E-state index contributed by atoms with van der Waals surface area (Å²) in [4.78, 5) is 55.1. The zero-order chi connectivity index (χ0) is 26.0. The van der Waals surface area contributed by atoms with Crippen molar-refractivity contribution >= 4 is 47.0 Å². The lowest BCUT2D eigenvalue weighted by Gasteiger charge is -2.31. The van der Waals surface area contributed by atoms with E-state index < -0.39 is 36.3 Å². The molecule has 2 aromatic carbocycles. The minimum atomic E-state index is -1.42. The molecule has 0 spiro atoms.